The second kappa shape index (κ2) is 51.7. The Hall–Kier alpha value is -1.92. The number of carbonyl (C=O) groups is 2. The Balaban J connectivity index is 3.54. The summed E-state index contributed by atoms with van der Waals surface area (Å²) < 4.78 is 5.47. The van der Waals surface area contributed by atoms with E-state index in [4.69, 9.17) is 4.74 Å². The summed E-state index contributed by atoms with van der Waals surface area (Å²) in [5.41, 5.74) is 0. The van der Waals surface area contributed by atoms with Crippen LogP contribution in [0.15, 0.2) is 36.5 Å². The molecule has 6 heteroatoms. The number of ether oxygens (including phenoxy) is 1. The van der Waals surface area contributed by atoms with Crippen molar-refractivity contribution in [1.82, 2.24) is 5.32 Å². The van der Waals surface area contributed by atoms with Gasteiger partial charge in [-0.15, -0.1) is 0 Å². The van der Waals surface area contributed by atoms with Crippen LogP contribution in [0.4, 0.5) is 0 Å². The highest BCUT2D eigenvalue weighted by atomic mass is 16.5. The standard InChI is InChI=1S/C56H105NO5/c1-3-5-7-9-11-13-15-17-19-20-21-22-26-30-34-38-42-46-50-56(61)62-51-47-43-39-35-31-27-23-25-29-33-37-41-45-49-55(60)57-53(52-58)54(59)48-44-40-36-32-28-24-18-16-14-12-10-8-6-4-2/h25,29,37,41,44,48,53-54,58-59H,3-24,26-28,30-36,38-40,42-43,45-47,49-52H2,1-2H3,(H,57,60)/b29-25-,41-37-,48-44+. The second-order valence-corrected chi connectivity index (χ2v) is 18.6. The van der Waals surface area contributed by atoms with E-state index in [1.54, 1.807) is 6.08 Å². The van der Waals surface area contributed by atoms with Gasteiger partial charge in [0.2, 0.25) is 5.91 Å². The van der Waals surface area contributed by atoms with Crippen molar-refractivity contribution >= 4 is 11.9 Å². The third-order valence-corrected chi connectivity index (χ3v) is 12.4. The summed E-state index contributed by atoms with van der Waals surface area (Å²) in [7, 11) is 0. The maximum atomic E-state index is 12.4. The number of aliphatic hydroxyl groups is 2. The Kier molecular flexibility index (Phi) is 50.1. The van der Waals surface area contributed by atoms with Gasteiger partial charge in [-0.05, 0) is 51.4 Å². The Morgan fingerprint density at radius 1 is 0.452 bits per heavy atom. The second-order valence-electron chi connectivity index (χ2n) is 18.6. The van der Waals surface area contributed by atoms with Crippen LogP contribution in [0.5, 0.6) is 0 Å². The molecule has 6 nitrogen and oxygen atoms in total. The number of rotatable bonds is 50. The average Bonchev–Trinajstić information content (AvgIpc) is 3.27. The molecule has 3 N–H and O–H groups in total. The van der Waals surface area contributed by atoms with Gasteiger partial charge >= 0.3 is 5.97 Å². The molecule has 0 radical (unpaired) electrons. The molecule has 0 aliphatic rings. The van der Waals surface area contributed by atoms with Gasteiger partial charge in [0.05, 0.1) is 25.4 Å². The third kappa shape index (κ3) is 47.6. The molecule has 0 spiro atoms. The Labute approximate surface area is 385 Å². The molecule has 0 aromatic carbocycles. The van der Waals surface area contributed by atoms with E-state index in [2.05, 4.69) is 37.4 Å². The molecule has 0 fully saturated rings. The maximum absolute atomic E-state index is 12.4. The minimum absolute atomic E-state index is 0.0145. The first-order valence-corrected chi connectivity index (χ1v) is 27.3. The van der Waals surface area contributed by atoms with Crippen LogP contribution in [0.1, 0.15) is 284 Å². The van der Waals surface area contributed by atoms with Crippen LogP contribution in [-0.4, -0.2) is 47.4 Å². The van der Waals surface area contributed by atoms with E-state index in [0.29, 0.717) is 25.9 Å². The summed E-state index contributed by atoms with van der Waals surface area (Å²) >= 11 is 0. The number of unbranched alkanes of at least 4 members (excludes halogenated alkanes) is 35. The molecule has 0 bridgehead atoms. The summed E-state index contributed by atoms with van der Waals surface area (Å²) in [4.78, 5) is 24.5. The highest BCUT2D eigenvalue weighted by Gasteiger charge is 2.17. The van der Waals surface area contributed by atoms with Crippen molar-refractivity contribution in [2.45, 2.75) is 296 Å². The van der Waals surface area contributed by atoms with E-state index in [9.17, 15) is 19.8 Å². The van der Waals surface area contributed by atoms with Gasteiger partial charge in [0.25, 0.3) is 0 Å². The Morgan fingerprint density at radius 2 is 0.823 bits per heavy atom. The first-order chi connectivity index (χ1) is 30.5. The number of hydrogen-bond donors (Lipinski definition) is 3. The number of allylic oxidation sites excluding steroid dienone is 5. The van der Waals surface area contributed by atoms with E-state index in [1.165, 1.54) is 199 Å². The number of esters is 1. The van der Waals surface area contributed by atoms with Crippen LogP contribution in [-0.2, 0) is 14.3 Å². The summed E-state index contributed by atoms with van der Waals surface area (Å²) in [6, 6.07) is -0.671. The molecule has 2 unspecified atom stereocenters. The SMILES string of the molecule is CCCCCCCCCCCCCC/C=C/C(O)C(CO)NC(=O)CC/C=C\C/C=C\CCCCCCCCOC(=O)CCCCCCCCCCCCCCCCCCCC. The van der Waals surface area contributed by atoms with Crippen molar-refractivity contribution in [3.8, 4) is 0 Å². The fourth-order valence-corrected chi connectivity index (χ4v) is 8.21. The number of aliphatic hydroxyl groups excluding tert-OH is 2. The van der Waals surface area contributed by atoms with Gasteiger partial charge in [0.1, 0.15) is 0 Å². The smallest absolute Gasteiger partial charge is 0.305 e. The largest absolute Gasteiger partial charge is 0.466 e. The van der Waals surface area contributed by atoms with E-state index in [-0.39, 0.29) is 18.5 Å². The molecule has 0 aliphatic heterocycles. The lowest BCUT2D eigenvalue weighted by Gasteiger charge is -2.19. The monoisotopic (exact) mass is 872 g/mol. The van der Waals surface area contributed by atoms with Crippen molar-refractivity contribution in [3.63, 3.8) is 0 Å². The first kappa shape index (κ1) is 60.1. The van der Waals surface area contributed by atoms with Crippen molar-refractivity contribution < 1.29 is 24.5 Å². The molecule has 0 saturated heterocycles. The molecule has 0 aliphatic carbocycles. The van der Waals surface area contributed by atoms with Crippen molar-refractivity contribution in [2.24, 2.45) is 0 Å². The molecule has 0 aromatic rings. The summed E-state index contributed by atoms with van der Waals surface area (Å²) in [6.07, 6.45) is 63.1. The summed E-state index contributed by atoms with van der Waals surface area (Å²) in [6.45, 7) is 4.84. The highest BCUT2D eigenvalue weighted by Crippen LogP contribution is 2.16. The molecule has 364 valence electrons. The van der Waals surface area contributed by atoms with Crippen molar-refractivity contribution in [2.75, 3.05) is 13.2 Å². The molecule has 62 heavy (non-hydrogen) atoms. The van der Waals surface area contributed by atoms with Crippen molar-refractivity contribution in [1.29, 1.82) is 0 Å². The number of amides is 1. The Morgan fingerprint density at radius 3 is 1.26 bits per heavy atom. The van der Waals surface area contributed by atoms with Gasteiger partial charge < -0.3 is 20.3 Å². The molecule has 1 amide bonds. The van der Waals surface area contributed by atoms with E-state index >= 15 is 0 Å². The van der Waals surface area contributed by atoms with Gasteiger partial charge in [-0.3, -0.25) is 9.59 Å². The average molecular weight is 872 g/mol. The zero-order valence-electron chi connectivity index (χ0n) is 41.4. The fourth-order valence-electron chi connectivity index (χ4n) is 8.21. The van der Waals surface area contributed by atoms with Crippen LogP contribution >= 0.6 is 0 Å². The van der Waals surface area contributed by atoms with Gasteiger partial charge in [-0.25, -0.2) is 0 Å². The molecule has 2 atom stereocenters. The minimum atomic E-state index is -0.878. The lowest BCUT2D eigenvalue weighted by atomic mass is 10.0. The van der Waals surface area contributed by atoms with Gasteiger partial charge in [-0.1, -0.05) is 256 Å². The fraction of sp³-hybridized carbons (Fsp3) is 0.857. The lowest BCUT2D eigenvalue weighted by molar-refractivity contribution is -0.143. The normalized spacial score (nSPS) is 12.9. The lowest BCUT2D eigenvalue weighted by Crippen LogP contribution is -2.45. The van der Waals surface area contributed by atoms with Crippen LogP contribution in [0.25, 0.3) is 0 Å². The third-order valence-electron chi connectivity index (χ3n) is 12.4. The van der Waals surface area contributed by atoms with E-state index in [1.807, 2.05) is 12.2 Å². The van der Waals surface area contributed by atoms with Crippen LogP contribution in [0.3, 0.4) is 0 Å². The minimum Gasteiger partial charge on any atom is -0.466 e. The summed E-state index contributed by atoms with van der Waals surface area (Å²) in [5.74, 6) is -0.163. The highest BCUT2D eigenvalue weighted by molar-refractivity contribution is 5.76. The van der Waals surface area contributed by atoms with E-state index < -0.39 is 12.1 Å². The molecular formula is C56H105NO5. The molecule has 0 rings (SSSR count). The predicted octanol–water partition coefficient (Wildman–Crippen LogP) is 16.5. The number of nitrogens with one attached hydrogen (secondary N) is 1. The van der Waals surface area contributed by atoms with Gasteiger partial charge in [-0.2, -0.15) is 0 Å². The molecular weight excluding hydrogens is 767 g/mol. The first-order valence-electron chi connectivity index (χ1n) is 27.3. The molecule has 0 heterocycles. The van der Waals surface area contributed by atoms with Gasteiger partial charge in [0, 0.05) is 12.8 Å². The van der Waals surface area contributed by atoms with Gasteiger partial charge in [0.15, 0.2) is 0 Å². The predicted molar refractivity (Wildman–Crippen MR) is 269 cm³/mol. The van der Waals surface area contributed by atoms with Crippen LogP contribution in [0, 0.1) is 0 Å². The van der Waals surface area contributed by atoms with Crippen LogP contribution in [0.2, 0.25) is 0 Å². The van der Waals surface area contributed by atoms with E-state index in [0.717, 1.165) is 51.4 Å². The summed E-state index contributed by atoms with van der Waals surface area (Å²) in [5, 5.41) is 23.0. The number of carbonyl (C=O) groups excluding carboxylic acids is 2. The maximum Gasteiger partial charge on any atom is 0.305 e. The van der Waals surface area contributed by atoms with Crippen LogP contribution < -0.4 is 5.32 Å². The van der Waals surface area contributed by atoms with Crippen molar-refractivity contribution in [3.05, 3.63) is 36.5 Å². The zero-order chi connectivity index (χ0) is 45.1. The molecule has 0 aromatic heterocycles. The Bertz CT molecular complexity index is 1010. The topological polar surface area (TPSA) is 95.9 Å². The zero-order valence-corrected chi connectivity index (χ0v) is 41.4. The molecule has 0 saturated carbocycles. The number of hydrogen-bond acceptors (Lipinski definition) is 5. The quantitative estimate of drug-likeness (QED) is 0.0321.